The van der Waals surface area contributed by atoms with Crippen molar-refractivity contribution < 1.29 is 19.7 Å². The van der Waals surface area contributed by atoms with Crippen LogP contribution in [0.15, 0.2) is 18.2 Å². The maximum Gasteiger partial charge on any atom is 0.340 e. The number of fused-ring (bicyclic) bond motifs is 1. The van der Waals surface area contributed by atoms with Crippen LogP contribution < -0.4 is 4.74 Å². The number of carbonyl (C=O) groups excluding carboxylic acids is 1. The zero-order valence-corrected chi connectivity index (χ0v) is 10.4. The Morgan fingerprint density at radius 2 is 2.33 bits per heavy atom. The molecule has 0 aromatic heterocycles. The fourth-order valence-electron chi connectivity index (χ4n) is 2.39. The van der Waals surface area contributed by atoms with E-state index >= 15 is 0 Å². The minimum Gasteiger partial charge on any atom is -0.424 e. The van der Waals surface area contributed by atoms with Gasteiger partial charge in [-0.2, -0.15) is 0 Å². The number of aliphatic hydroxyl groups is 2. The molecule has 0 saturated heterocycles. The highest BCUT2D eigenvalue weighted by Gasteiger charge is 2.23. The molecule has 0 radical (unpaired) electrons. The van der Waals surface area contributed by atoms with Gasteiger partial charge in [0.05, 0.1) is 0 Å². The van der Waals surface area contributed by atoms with Gasteiger partial charge in [-0.3, -0.25) is 0 Å². The van der Waals surface area contributed by atoms with Crippen molar-refractivity contribution in [3.05, 3.63) is 29.3 Å². The Labute approximate surface area is 106 Å². The highest BCUT2D eigenvalue weighted by Crippen LogP contribution is 2.36. The van der Waals surface area contributed by atoms with Crippen molar-refractivity contribution in [2.75, 3.05) is 6.61 Å². The monoisotopic (exact) mass is 250 g/mol. The number of aliphatic hydroxyl groups excluding tert-OH is 2. The maximum atomic E-state index is 11.4. The minimum absolute atomic E-state index is 0.112. The standard InChI is InChI=1S/C14H18O4/c1-9(16)14(17)18-13-7-3-5-11-10(8-15)4-2-6-12(11)13/h3,5,7,9-10,15-16H,2,4,6,8H2,1H3. The van der Waals surface area contributed by atoms with Crippen molar-refractivity contribution in [3.63, 3.8) is 0 Å². The van der Waals surface area contributed by atoms with Gasteiger partial charge in [0.15, 0.2) is 0 Å². The van der Waals surface area contributed by atoms with Gasteiger partial charge in [0.1, 0.15) is 11.9 Å². The summed E-state index contributed by atoms with van der Waals surface area (Å²) in [6.07, 6.45) is 1.64. The lowest BCUT2D eigenvalue weighted by molar-refractivity contribution is -0.142. The topological polar surface area (TPSA) is 66.8 Å². The minimum atomic E-state index is -1.13. The molecule has 1 aliphatic rings. The van der Waals surface area contributed by atoms with Crippen LogP contribution in [0.3, 0.4) is 0 Å². The summed E-state index contributed by atoms with van der Waals surface area (Å²) in [5, 5.41) is 18.5. The zero-order valence-electron chi connectivity index (χ0n) is 10.4. The van der Waals surface area contributed by atoms with Crippen LogP contribution in [0.25, 0.3) is 0 Å². The number of hydrogen-bond acceptors (Lipinski definition) is 4. The van der Waals surface area contributed by atoms with Gasteiger partial charge < -0.3 is 14.9 Å². The largest absolute Gasteiger partial charge is 0.424 e. The highest BCUT2D eigenvalue weighted by molar-refractivity contribution is 5.77. The van der Waals surface area contributed by atoms with Crippen molar-refractivity contribution in [1.29, 1.82) is 0 Å². The summed E-state index contributed by atoms with van der Waals surface area (Å²) in [5.41, 5.74) is 2.04. The second-order valence-electron chi connectivity index (χ2n) is 4.69. The fraction of sp³-hybridized carbons (Fsp3) is 0.500. The molecule has 0 aliphatic heterocycles. The third-order valence-electron chi connectivity index (χ3n) is 3.36. The second-order valence-corrected chi connectivity index (χ2v) is 4.69. The average Bonchev–Trinajstić information content (AvgIpc) is 2.38. The van der Waals surface area contributed by atoms with E-state index < -0.39 is 12.1 Å². The zero-order chi connectivity index (χ0) is 13.1. The first-order chi connectivity index (χ1) is 8.63. The van der Waals surface area contributed by atoms with Crippen LogP contribution in [0, 0.1) is 0 Å². The van der Waals surface area contributed by atoms with E-state index in [1.807, 2.05) is 12.1 Å². The highest BCUT2D eigenvalue weighted by atomic mass is 16.5. The SMILES string of the molecule is CC(O)C(=O)Oc1cccc2c1CCCC2CO. The van der Waals surface area contributed by atoms with Crippen molar-refractivity contribution >= 4 is 5.97 Å². The molecule has 1 aliphatic carbocycles. The molecule has 4 heteroatoms. The third-order valence-corrected chi connectivity index (χ3v) is 3.36. The Morgan fingerprint density at radius 1 is 1.56 bits per heavy atom. The van der Waals surface area contributed by atoms with E-state index in [4.69, 9.17) is 9.84 Å². The number of esters is 1. The Kier molecular flexibility index (Phi) is 3.99. The van der Waals surface area contributed by atoms with Crippen LogP contribution in [0.5, 0.6) is 5.75 Å². The van der Waals surface area contributed by atoms with E-state index in [0.29, 0.717) is 5.75 Å². The quantitative estimate of drug-likeness (QED) is 0.628. The molecule has 2 rings (SSSR count). The molecule has 1 aromatic rings. The third kappa shape index (κ3) is 2.54. The molecule has 1 aromatic carbocycles. The maximum absolute atomic E-state index is 11.4. The van der Waals surface area contributed by atoms with Crippen LogP contribution in [-0.2, 0) is 11.2 Å². The molecule has 2 atom stereocenters. The van der Waals surface area contributed by atoms with Gasteiger partial charge >= 0.3 is 5.97 Å². The van der Waals surface area contributed by atoms with E-state index in [1.54, 1.807) is 6.07 Å². The van der Waals surface area contributed by atoms with E-state index in [0.717, 1.165) is 30.4 Å². The van der Waals surface area contributed by atoms with Crippen LogP contribution in [0.1, 0.15) is 36.8 Å². The molecule has 0 amide bonds. The fourth-order valence-corrected chi connectivity index (χ4v) is 2.39. The van der Waals surface area contributed by atoms with Crippen LogP contribution in [0.4, 0.5) is 0 Å². The predicted molar refractivity (Wildman–Crippen MR) is 66.5 cm³/mol. The molecule has 0 fully saturated rings. The molecule has 4 nitrogen and oxygen atoms in total. The Balaban J connectivity index is 2.30. The molecule has 98 valence electrons. The van der Waals surface area contributed by atoms with E-state index in [9.17, 15) is 9.90 Å². The summed E-state index contributed by atoms with van der Waals surface area (Å²) in [6.45, 7) is 1.50. The Morgan fingerprint density at radius 3 is 3.00 bits per heavy atom. The molecule has 0 heterocycles. The molecular formula is C14H18O4. The van der Waals surface area contributed by atoms with Gasteiger partial charge in [0.25, 0.3) is 0 Å². The van der Waals surface area contributed by atoms with Gasteiger partial charge in [-0.05, 0) is 43.4 Å². The summed E-state index contributed by atoms with van der Waals surface area (Å²) in [7, 11) is 0. The lowest BCUT2D eigenvalue weighted by Crippen LogP contribution is -2.23. The van der Waals surface area contributed by atoms with E-state index in [2.05, 4.69) is 0 Å². The summed E-state index contributed by atoms with van der Waals surface area (Å²) in [5.74, 6) is -0.00924. The van der Waals surface area contributed by atoms with Crippen molar-refractivity contribution in [3.8, 4) is 5.75 Å². The van der Waals surface area contributed by atoms with Gasteiger partial charge in [-0.25, -0.2) is 4.79 Å². The van der Waals surface area contributed by atoms with Crippen LogP contribution in [-0.4, -0.2) is 28.9 Å². The molecule has 0 bridgehead atoms. The summed E-state index contributed by atoms with van der Waals surface area (Å²) in [4.78, 5) is 11.4. The smallest absolute Gasteiger partial charge is 0.340 e. The lowest BCUT2D eigenvalue weighted by Gasteiger charge is -2.25. The van der Waals surface area contributed by atoms with Gasteiger partial charge in [-0.1, -0.05) is 12.1 Å². The number of rotatable bonds is 3. The molecule has 2 unspecified atom stereocenters. The number of ether oxygens (including phenoxy) is 1. The molecule has 2 N–H and O–H groups in total. The molecule has 18 heavy (non-hydrogen) atoms. The summed E-state index contributed by atoms with van der Waals surface area (Å²) < 4.78 is 5.20. The normalized spacial score (nSPS) is 20.1. The van der Waals surface area contributed by atoms with Gasteiger partial charge in [-0.15, -0.1) is 0 Å². The summed E-state index contributed by atoms with van der Waals surface area (Å²) >= 11 is 0. The first-order valence-corrected chi connectivity index (χ1v) is 6.26. The number of hydrogen-bond donors (Lipinski definition) is 2. The average molecular weight is 250 g/mol. The van der Waals surface area contributed by atoms with Crippen molar-refractivity contribution in [1.82, 2.24) is 0 Å². The number of carbonyl (C=O) groups is 1. The summed E-state index contributed by atoms with van der Waals surface area (Å²) in [6, 6.07) is 5.52. The molecular weight excluding hydrogens is 232 g/mol. The first kappa shape index (κ1) is 13.1. The van der Waals surface area contributed by atoms with Crippen LogP contribution >= 0.6 is 0 Å². The van der Waals surface area contributed by atoms with Crippen molar-refractivity contribution in [2.24, 2.45) is 0 Å². The molecule has 0 spiro atoms. The second kappa shape index (κ2) is 5.50. The molecule has 0 saturated carbocycles. The van der Waals surface area contributed by atoms with Crippen LogP contribution in [0.2, 0.25) is 0 Å². The number of benzene rings is 1. The Bertz CT molecular complexity index is 439. The van der Waals surface area contributed by atoms with Gasteiger partial charge in [0, 0.05) is 12.5 Å². The lowest BCUT2D eigenvalue weighted by atomic mass is 9.83. The predicted octanol–water partition coefficient (Wildman–Crippen LogP) is 1.38. The Hall–Kier alpha value is -1.39. The van der Waals surface area contributed by atoms with E-state index in [-0.39, 0.29) is 12.5 Å². The van der Waals surface area contributed by atoms with E-state index in [1.165, 1.54) is 6.92 Å². The van der Waals surface area contributed by atoms with Crippen molar-refractivity contribution in [2.45, 2.75) is 38.2 Å². The first-order valence-electron chi connectivity index (χ1n) is 6.26. The van der Waals surface area contributed by atoms with Gasteiger partial charge in [0.2, 0.25) is 0 Å².